The maximum absolute atomic E-state index is 12.7. The lowest BCUT2D eigenvalue weighted by Crippen LogP contribution is -2.30. The van der Waals surface area contributed by atoms with E-state index in [1.807, 2.05) is 12.2 Å². The molecule has 9 heteroatoms. The zero-order chi connectivity index (χ0) is 22.8. The van der Waals surface area contributed by atoms with Crippen LogP contribution in [0.4, 0.5) is 17.1 Å². The number of fused-ring (bicyclic) bond motifs is 1. The minimum atomic E-state index is -0.484. The largest absolute Gasteiger partial charge is 0.325 e. The summed E-state index contributed by atoms with van der Waals surface area (Å²) in [6.45, 7) is 1.64. The van der Waals surface area contributed by atoms with Gasteiger partial charge in [-0.05, 0) is 50.1 Å². The molecule has 1 heterocycles. The molecule has 32 heavy (non-hydrogen) atoms. The Kier molecular flexibility index (Phi) is 6.09. The lowest BCUT2D eigenvalue weighted by molar-refractivity contribution is -0.385. The van der Waals surface area contributed by atoms with Gasteiger partial charge in [0.05, 0.1) is 28.2 Å². The molecule has 2 atom stereocenters. The van der Waals surface area contributed by atoms with Crippen molar-refractivity contribution >= 4 is 46.5 Å². The van der Waals surface area contributed by atoms with E-state index >= 15 is 0 Å². The van der Waals surface area contributed by atoms with Crippen LogP contribution in [0.5, 0.6) is 0 Å². The van der Waals surface area contributed by atoms with E-state index in [4.69, 9.17) is 0 Å². The molecule has 8 nitrogen and oxygen atoms in total. The monoisotopic (exact) mass is 451 g/mol. The Morgan fingerprint density at radius 3 is 2.31 bits per heavy atom. The molecule has 0 bridgehead atoms. The molecule has 2 aromatic carbocycles. The van der Waals surface area contributed by atoms with Crippen molar-refractivity contribution in [3.05, 3.63) is 70.3 Å². The summed E-state index contributed by atoms with van der Waals surface area (Å²) in [6, 6.07) is 11.5. The van der Waals surface area contributed by atoms with Crippen LogP contribution in [-0.2, 0) is 14.4 Å². The fourth-order valence-corrected chi connectivity index (χ4v) is 4.67. The summed E-state index contributed by atoms with van der Waals surface area (Å²) in [6.07, 6.45) is 5.10. The van der Waals surface area contributed by atoms with Crippen LogP contribution < -0.4 is 10.2 Å². The number of carbonyl (C=O) groups is 3. The van der Waals surface area contributed by atoms with Gasteiger partial charge in [-0.3, -0.25) is 29.4 Å². The van der Waals surface area contributed by atoms with Crippen molar-refractivity contribution in [1.29, 1.82) is 0 Å². The van der Waals surface area contributed by atoms with Gasteiger partial charge in [-0.2, -0.15) is 0 Å². The average molecular weight is 452 g/mol. The van der Waals surface area contributed by atoms with Crippen molar-refractivity contribution in [3.63, 3.8) is 0 Å². The Morgan fingerprint density at radius 1 is 1.09 bits per heavy atom. The number of benzene rings is 2. The average Bonchev–Trinajstić information content (AvgIpc) is 3.04. The molecule has 0 aromatic heterocycles. The fourth-order valence-electron chi connectivity index (χ4n) is 3.98. The van der Waals surface area contributed by atoms with E-state index in [1.165, 1.54) is 22.7 Å². The van der Waals surface area contributed by atoms with Gasteiger partial charge < -0.3 is 5.32 Å². The number of nitro benzene ring substituents is 1. The molecule has 3 amide bonds. The number of nitro groups is 1. The smallest absolute Gasteiger partial charge is 0.274 e. The van der Waals surface area contributed by atoms with Crippen molar-refractivity contribution in [1.82, 2.24) is 0 Å². The lowest BCUT2D eigenvalue weighted by Gasteiger charge is -2.15. The van der Waals surface area contributed by atoms with Gasteiger partial charge in [0.15, 0.2) is 0 Å². The number of amides is 3. The van der Waals surface area contributed by atoms with Crippen LogP contribution in [-0.4, -0.2) is 28.4 Å². The van der Waals surface area contributed by atoms with Gasteiger partial charge in [-0.1, -0.05) is 18.2 Å². The summed E-state index contributed by atoms with van der Waals surface area (Å²) in [5, 5.41) is 13.7. The number of nitrogens with zero attached hydrogens (tertiary/aromatic N) is 2. The van der Waals surface area contributed by atoms with Crippen LogP contribution in [0.15, 0.2) is 59.5 Å². The molecule has 0 saturated carbocycles. The van der Waals surface area contributed by atoms with Gasteiger partial charge in [-0.15, -0.1) is 11.8 Å². The zero-order valence-electron chi connectivity index (χ0n) is 17.3. The first-order valence-electron chi connectivity index (χ1n) is 10.2. The maximum atomic E-state index is 12.7. The van der Waals surface area contributed by atoms with E-state index < -0.39 is 4.92 Å². The number of aryl methyl sites for hydroxylation is 1. The molecule has 1 N–H and O–H groups in total. The summed E-state index contributed by atoms with van der Waals surface area (Å²) in [7, 11) is 0. The van der Waals surface area contributed by atoms with Crippen LogP contribution in [0.1, 0.15) is 18.4 Å². The second-order valence-corrected chi connectivity index (χ2v) is 8.81. The normalized spacial score (nSPS) is 19.7. The summed E-state index contributed by atoms with van der Waals surface area (Å²) in [5.41, 5.74) is 1.38. The molecule has 0 unspecified atom stereocenters. The number of rotatable bonds is 6. The van der Waals surface area contributed by atoms with Crippen molar-refractivity contribution in [2.75, 3.05) is 16.0 Å². The highest BCUT2D eigenvalue weighted by Gasteiger charge is 2.47. The lowest BCUT2D eigenvalue weighted by atomic mass is 9.85. The van der Waals surface area contributed by atoms with E-state index in [2.05, 4.69) is 5.32 Å². The van der Waals surface area contributed by atoms with Gasteiger partial charge in [0.1, 0.15) is 0 Å². The Bertz CT molecular complexity index is 1100. The zero-order valence-corrected chi connectivity index (χ0v) is 18.1. The van der Waals surface area contributed by atoms with Crippen molar-refractivity contribution in [2.24, 2.45) is 11.8 Å². The molecule has 1 fully saturated rings. The van der Waals surface area contributed by atoms with Gasteiger partial charge in [0, 0.05) is 22.2 Å². The van der Waals surface area contributed by atoms with E-state index in [-0.39, 0.29) is 41.0 Å². The number of imide groups is 1. The van der Waals surface area contributed by atoms with Gasteiger partial charge in [0.2, 0.25) is 17.7 Å². The number of thioether (sulfide) groups is 1. The van der Waals surface area contributed by atoms with Crippen molar-refractivity contribution in [2.45, 2.75) is 24.7 Å². The van der Waals surface area contributed by atoms with Crippen LogP contribution in [0.2, 0.25) is 0 Å². The molecule has 1 saturated heterocycles. The molecule has 2 aromatic rings. The van der Waals surface area contributed by atoms with Gasteiger partial charge in [-0.25, -0.2) is 0 Å². The van der Waals surface area contributed by atoms with Crippen LogP contribution in [0, 0.1) is 28.9 Å². The van der Waals surface area contributed by atoms with Crippen molar-refractivity contribution < 1.29 is 19.3 Å². The van der Waals surface area contributed by atoms with Crippen LogP contribution >= 0.6 is 11.8 Å². The first-order chi connectivity index (χ1) is 15.3. The molecule has 4 rings (SSSR count). The quantitative estimate of drug-likeness (QED) is 0.233. The molecule has 0 radical (unpaired) electrons. The summed E-state index contributed by atoms with van der Waals surface area (Å²) < 4.78 is 0. The predicted molar refractivity (Wildman–Crippen MR) is 121 cm³/mol. The molecule has 0 spiro atoms. The Balaban J connectivity index is 1.36. The second-order valence-electron chi connectivity index (χ2n) is 7.76. The Hall–Kier alpha value is -3.46. The van der Waals surface area contributed by atoms with E-state index in [0.29, 0.717) is 29.8 Å². The third kappa shape index (κ3) is 4.29. The molecule has 2 aliphatic rings. The van der Waals surface area contributed by atoms with Gasteiger partial charge in [0.25, 0.3) is 5.69 Å². The number of anilines is 2. The first-order valence-corrected chi connectivity index (χ1v) is 11.1. The predicted octanol–water partition coefficient (Wildman–Crippen LogP) is 4.09. The molecular formula is C23H21N3O5S. The summed E-state index contributed by atoms with van der Waals surface area (Å²) in [5.74, 6) is -1.05. The molecule has 1 aliphatic carbocycles. The highest BCUT2D eigenvalue weighted by molar-refractivity contribution is 8.00. The van der Waals surface area contributed by atoms with E-state index in [9.17, 15) is 24.5 Å². The fraction of sp³-hybridized carbons (Fsp3) is 0.261. The second kappa shape index (κ2) is 8.96. The minimum absolute atomic E-state index is 0.0485. The Morgan fingerprint density at radius 2 is 1.72 bits per heavy atom. The standard InChI is InChI=1S/C23H21N3O5S/c1-14-6-7-15(12-20(14)26(30)31)24-21(27)13-32-17-10-8-16(9-11-17)25-22(28)18-4-2-3-5-19(18)23(25)29/h2-3,6-12,18-19H,4-5,13H2,1H3,(H,24,27)/t18-,19-/m1/s1. The highest BCUT2D eigenvalue weighted by atomic mass is 32.2. The summed E-state index contributed by atoms with van der Waals surface area (Å²) >= 11 is 1.29. The topological polar surface area (TPSA) is 110 Å². The van der Waals surface area contributed by atoms with Crippen molar-refractivity contribution in [3.8, 4) is 0 Å². The highest BCUT2D eigenvalue weighted by Crippen LogP contribution is 2.38. The minimum Gasteiger partial charge on any atom is -0.325 e. The third-order valence-corrected chi connectivity index (χ3v) is 6.67. The molecular weight excluding hydrogens is 430 g/mol. The third-order valence-electron chi connectivity index (χ3n) is 5.66. The molecule has 1 aliphatic heterocycles. The molecule has 164 valence electrons. The number of carbonyl (C=O) groups excluding carboxylic acids is 3. The maximum Gasteiger partial charge on any atom is 0.274 e. The van der Waals surface area contributed by atoms with E-state index in [0.717, 1.165) is 4.90 Å². The SMILES string of the molecule is Cc1ccc(NC(=O)CSc2ccc(N3C(=O)[C@@H]4CC=CC[C@H]4C3=O)cc2)cc1[N+](=O)[O-]. The van der Waals surface area contributed by atoms with Crippen LogP contribution in [0.25, 0.3) is 0 Å². The number of nitrogens with one attached hydrogen (secondary N) is 1. The number of hydrogen-bond donors (Lipinski definition) is 1. The van der Waals surface area contributed by atoms with E-state index in [1.54, 1.807) is 43.3 Å². The van der Waals surface area contributed by atoms with Gasteiger partial charge >= 0.3 is 0 Å². The number of allylic oxidation sites excluding steroid dienone is 2. The van der Waals surface area contributed by atoms with Crippen LogP contribution in [0.3, 0.4) is 0 Å². The summed E-state index contributed by atoms with van der Waals surface area (Å²) in [4.78, 5) is 50.3. The first kappa shape index (κ1) is 21.8. The number of hydrogen-bond acceptors (Lipinski definition) is 6. The Labute approximate surface area is 188 Å².